The number of aromatic nitrogens is 4. The minimum Gasteiger partial charge on any atom is -0.396 e. The Hall–Kier alpha value is -2.67. The number of hydrogen-bond acceptors (Lipinski definition) is 4. The molecule has 0 aliphatic heterocycles. The van der Waals surface area contributed by atoms with Crippen molar-refractivity contribution >= 4 is 11.2 Å². The van der Waals surface area contributed by atoms with Crippen LogP contribution in [0.25, 0.3) is 11.2 Å². The van der Waals surface area contributed by atoms with Gasteiger partial charge in [-0.25, -0.2) is 9.78 Å². The number of hydrogen-bond donors (Lipinski definition) is 3. The van der Waals surface area contributed by atoms with Crippen molar-refractivity contribution in [2.45, 2.75) is 51.5 Å². The lowest BCUT2D eigenvalue weighted by Crippen LogP contribution is -2.23. The van der Waals surface area contributed by atoms with Crippen LogP contribution >= 0.6 is 0 Å². The van der Waals surface area contributed by atoms with Crippen LogP contribution < -0.4 is 11.2 Å². The first-order valence-electron chi connectivity index (χ1n) is 10.5. The molecule has 1 aliphatic carbocycles. The molecule has 2 aromatic heterocycles. The molecule has 0 spiro atoms. The summed E-state index contributed by atoms with van der Waals surface area (Å²) in [4.78, 5) is 33.8. The molecule has 0 radical (unpaired) electrons. The molecule has 0 bridgehead atoms. The van der Waals surface area contributed by atoms with Crippen LogP contribution in [0.15, 0.2) is 39.9 Å². The first-order chi connectivity index (χ1) is 14.2. The molecular weight excluding hydrogens is 368 g/mol. The van der Waals surface area contributed by atoms with Crippen molar-refractivity contribution in [1.82, 2.24) is 19.5 Å². The van der Waals surface area contributed by atoms with Gasteiger partial charge in [0, 0.05) is 19.6 Å². The van der Waals surface area contributed by atoms with E-state index in [4.69, 9.17) is 0 Å². The molecule has 1 aromatic carbocycles. The highest BCUT2D eigenvalue weighted by molar-refractivity contribution is 5.70. The summed E-state index contributed by atoms with van der Waals surface area (Å²) >= 11 is 0. The maximum absolute atomic E-state index is 12.5. The van der Waals surface area contributed by atoms with E-state index in [0.717, 1.165) is 24.2 Å². The number of imidazole rings is 1. The van der Waals surface area contributed by atoms with E-state index in [-0.39, 0.29) is 6.61 Å². The number of aromatic amines is 2. The molecule has 0 amide bonds. The predicted octanol–water partition coefficient (Wildman–Crippen LogP) is 2.58. The smallest absolute Gasteiger partial charge is 0.327 e. The van der Waals surface area contributed by atoms with Gasteiger partial charge in [-0.05, 0) is 30.2 Å². The zero-order valence-corrected chi connectivity index (χ0v) is 16.6. The molecular formula is C22H28N4O3. The van der Waals surface area contributed by atoms with E-state index in [2.05, 4.69) is 15.0 Å². The normalized spacial score (nSPS) is 15.9. The van der Waals surface area contributed by atoms with Crippen LogP contribution in [-0.2, 0) is 13.0 Å². The number of aliphatic hydroxyl groups is 1. The van der Waals surface area contributed by atoms with Crippen molar-refractivity contribution in [3.05, 3.63) is 62.6 Å². The van der Waals surface area contributed by atoms with Crippen molar-refractivity contribution in [2.75, 3.05) is 6.61 Å². The summed E-state index contributed by atoms with van der Waals surface area (Å²) in [6, 6.07) is 9.93. The number of fused-ring (bicyclic) bond motifs is 1. The van der Waals surface area contributed by atoms with Crippen LogP contribution in [0.5, 0.6) is 0 Å². The molecule has 1 fully saturated rings. The third-order valence-electron chi connectivity index (χ3n) is 6.21. The molecule has 3 N–H and O–H groups in total. The second-order valence-electron chi connectivity index (χ2n) is 8.06. The van der Waals surface area contributed by atoms with Gasteiger partial charge in [0.05, 0.1) is 0 Å². The summed E-state index contributed by atoms with van der Waals surface area (Å²) in [5, 5.41) is 9.52. The standard InChI is InChI=1S/C22H28N4O3/c27-13-12-17(16-8-4-5-9-16)10-11-18-23-20-19(21(28)25-22(29)24-20)26(18)14-15-6-2-1-3-7-15/h1-3,6-7,16-17,27H,4-5,8-14H2,(H2,24,25,28,29). The van der Waals surface area contributed by atoms with Gasteiger partial charge in [0.1, 0.15) is 5.82 Å². The minimum absolute atomic E-state index is 0.203. The van der Waals surface area contributed by atoms with Crippen LogP contribution in [0.3, 0.4) is 0 Å². The van der Waals surface area contributed by atoms with Crippen LogP contribution in [-0.4, -0.2) is 31.2 Å². The minimum atomic E-state index is -0.539. The summed E-state index contributed by atoms with van der Waals surface area (Å²) in [6.45, 7) is 0.727. The number of benzene rings is 1. The Morgan fingerprint density at radius 1 is 1.10 bits per heavy atom. The first-order valence-corrected chi connectivity index (χ1v) is 10.5. The molecule has 7 nitrogen and oxygen atoms in total. The fourth-order valence-corrected chi connectivity index (χ4v) is 4.77. The predicted molar refractivity (Wildman–Crippen MR) is 112 cm³/mol. The number of aryl methyl sites for hydroxylation is 1. The van der Waals surface area contributed by atoms with Crippen LogP contribution in [0, 0.1) is 11.8 Å². The van der Waals surface area contributed by atoms with E-state index in [1.165, 1.54) is 25.7 Å². The molecule has 2 heterocycles. The largest absolute Gasteiger partial charge is 0.396 e. The number of nitrogens with zero attached hydrogens (tertiary/aromatic N) is 2. The van der Waals surface area contributed by atoms with Gasteiger partial charge < -0.3 is 9.67 Å². The Morgan fingerprint density at radius 3 is 2.59 bits per heavy atom. The van der Waals surface area contributed by atoms with Crippen LogP contribution in [0.1, 0.15) is 49.9 Å². The molecule has 3 aromatic rings. The van der Waals surface area contributed by atoms with Crippen molar-refractivity contribution in [3.63, 3.8) is 0 Å². The Morgan fingerprint density at radius 2 is 1.86 bits per heavy atom. The van der Waals surface area contributed by atoms with Gasteiger partial charge in [0.15, 0.2) is 11.2 Å². The summed E-state index contributed by atoms with van der Waals surface area (Å²) in [7, 11) is 0. The second-order valence-corrected chi connectivity index (χ2v) is 8.06. The Bertz CT molecular complexity index is 1060. The molecule has 4 rings (SSSR count). The average molecular weight is 396 g/mol. The molecule has 1 saturated carbocycles. The van der Waals surface area contributed by atoms with Gasteiger partial charge >= 0.3 is 5.69 Å². The maximum atomic E-state index is 12.5. The van der Waals surface area contributed by atoms with Gasteiger partial charge in [-0.3, -0.25) is 14.8 Å². The van der Waals surface area contributed by atoms with Crippen LogP contribution in [0.2, 0.25) is 0 Å². The van der Waals surface area contributed by atoms with E-state index >= 15 is 0 Å². The lowest BCUT2D eigenvalue weighted by molar-refractivity contribution is 0.211. The Balaban J connectivity index is 1.67. The number of rotatable bonds is 8. The van der Waals surface area contributed by atoms with E-state index in [0.29, 0.717) is 36.0 Å². The van der Waals surface area contributed by atoms with Gasteiger partial charge in [-0.15, -0.1) is 0 Å². The SMILES string of the molecule is O=c1[nH]c(=O)c2c(nc(CCC(CCO)C3CCCC3)n2Cc2ccccc2)[nH]1. The Kier molecular flexibility index (Phi) is 5.94. The van der Waals surface area contributed by atoms with Crippen LogP contribution in [0.4, 0.5) is 0 Å². The maximum Gasteiger partial charge on any atom is 0.327 e. The number of nitrogens with one attached hydrogen (secondary N) is 2. The quantitative estimate of drug-likeness (QED) is 0.544. The third kappa shape index (κ3) is 4.34. The summed E-state index contributed by atoms with van der Waals surface area (Å²) in [5.41, 5.74) is 0.859. The number of aliphatic hydroxyl groups excluding tert-OH is 1. The Labute approximate surface area is 168 Å². The lowest BCUT2D eigenvalue weighted by atomic mass is 9.85. The summed E-state index contributed by atoms with van der Waals surface area (Å²) < 4.78 is 1.92. The van der Waals surface area contributed by atoms with E-state index in [9.17, 15) is 14.7 Å². The fourth-order valence-electron chi connectivity index (χ4n) is 4.77. The van der Waals surface area contributed by atoms with Crippen molar-refractivity contribution < 1.29 is 5.11 Å². The third-order valence-corrected chi connectivity index (χ3v) is 6.21. The molecule has 29 heavy (non-hydrogen) atoms. The topological polar surface area (TPSA) is 104 Å². The molecule has 154 valence electrons. The van der Waals surface area contributed by atoms with Gasteiger partial charge in [0.25, 0.3) is 5.56 Å². The molecule has 1 unspecified atom stereocenters. The van der Waals surface area contributed by atoms with Crippen molar-refractivity contribution in [2.24, 2.45) is 11.8 Å². The summed E-state index contributed by atoms with van der Waals surface area (Å²) in [6.07, 6.45) is 7.46. The molecule has 0 saturated heterocycles. The molecule has 1 atom stereocenters. The highest BCUT2D eigenvalue weighted by Crippen LogP contribution is 2.35. The highest BCUT2D eigenvalue weighted by atomic mass is 16.3. The zero-order valence-electron chi connectivity index (χ0n) is 16.6. The first kappa shape index (κ1) is 19.6. The molecule has 7 heteroatoms. The van der Waals surface area contributed by atoms with E-state index in [1.807, 2.05) is 34.9 Å². The van der Waals surface area contributed by atoms with Gasteiger partial charge in [0.2, 0.25) is 0 Å². The average Bonchev–Trinajstić information content (AvgIpc) is 3.34. The zero-order chi connectivity index (χ0) is 20.2. The van der Waals surface area contributed by atoms with E-state index in [1.54, 1.807) is 0 Å². The summed E-state index contributed by atoms with van der Waals surface area (Å²) in [5.74, 6) is 1.93. The molecule has 1 aliphatic rings. The van der Waals surface area contributed by atoms with Crippen molar-refractivity contribution in [3.8, 4) is 0 Å². The van der Waals surface area contributed by atoms with Gasteiger partial charge in [-0.1, -0.05) is 56.0 Å². The second kappa shape index (κ2) is 8.78. The monoisotopic (exact) mass is 396 g/mol. The lowest BCUT2D eigenvalue weighted by Gasteiger charge is -2.22. The highest BCUT2D eigenvalue weighted by Gasteiger charge is 2.25. The van der Waals surface area contributed by atoms with E-state index < -0.39 is 11.2 Å². The number of H-pyrrole nitrogens is 2. The fraction of sp³-hybridized carbons (Fsp3) is 0.500. The van der Waals surface area contributed by atoms with Gasteiger partial charge in [-0.2, -0.15) is 0 Å². The van der Waals surface area contributed by atoms with Crippen molar-refractivity contribution in [1.29, 1.82) is 0 Å².